The number of phenolic OH excluding ortho intramolecular Hbond substituents is 1. The summed E-state index contributed by atoms with van der Waals surface area (Å²) >= 11 is 0. The monoisotopic (exact) mass is 419 g/mol. The first-order chi connectivity index (χ1) is 14.5. The second-order valence-electron chi connectivity index (χ2n) is 8.23. The van der Waals surface area contributed by atoms with Gasteiger partial charge in [0.25, 0.3) is 5.91 Å². The van der Waals surface area contributed by atoms with Gasteiger partial charge in [-0.25, -0.2) is 0 Å². The lowest BCUT2D eigenvalue weighted by molar-refractivity contribution is -0.124. The third kappa shape index (κ3) is 6.68. The van der Waals surface area contributed by atoms with Crippen molar-refractivity contribution in [2.24, 2.45) is 5.92 Å². The highest BCUT2D eigenvalue weighted by Crippen LogP contribution is 2.22. The molecule has 1 aliphatic carbocycles. The van der Waals surface area contributed by atoms with Crippen molar-refractivity contribution >= 4 is 11.8 Å². The molecule has 1 saturated heterocycles. The first-order valence-electron chi connectivity index (χ1n) is 10.9. The average Bonchev–Trinajstić information content (AvgIpc) is 2.76. The van der Waals surface area contributed by atoms with Gasteiger partial charge in [-0.15, -0.1) is 0 Å². The zero-order chi connectivity index (χ0) is 21.3. The topological polar surface area (TPSA) is 111 Å². The predicted molar refractivity (Wildman–Crippen MR) is 112 cm³/mol. The number of amides is 2. The van der Waals surface area contributed by atoms with Crippen molar-refractivity contribution in [3.8, 4) is 5.75 Å². The number of morpholine rings is 1. The normalized spacial score (nSPS) is 19.2. The van der Waals surface area contributed by atoms with Crippen LogP contribution in [0, 0.1) is 5.92 Å². The number of rotatable bonds is 8. The van der Waals surface area contributed by atoms with Crippen LogP contribution in [-0.4, -0.2) is 72.4 Å². The Labute approximate surface area is 177 Å². The molecule has 0 radical (unpaired) electrons. The molecular formula is C22H33N3O5. The first kappa shape index (κ1) is 22.5. The summed E-state index contributed by atoms with van der Waals surface area (Å²) in [4.78, 5) is 27.3. The molecule has 166 valence electrons. The maximum absolute atomic E-state index is 12.7. The van der Waals surface area contributed by atoms with Crippen LogP contribution in [0.25, 0.3) is 0 Å². The number of nitrogens with one attached hydrogen (secondary N) is 2. The van der Waals surface area contributed by atoms with Gasteiger partial charge >= 0.3 is 0 Å². The van der Waals surface area contributed by atoms with Crippen LogP contribution >= 0.6 is 0 Å². The Morgan fingerprint density at radius 1 is 1.13 bits per heavy atom. The van der Waals surface area contributed by atoms with Crippen LogP contribution < -0.4 is 10.6 Å². The molecule has 3 rings (SSSR count). The molecule has 0 spiro atoms. The summed E-state index contributed by atoms with van der Waals surface area (Å²) in [7, 11) is 0. The van der Waals surface area contributed by atoms with Crippen LogP contribution in [-0.2, 0) is 16.1 Å². The van der Waals surface area contributed by atoms with Crippen molar-refractivity contribution in [3.63, 3.8) is 0 Å². The van der Waals surface area contributed by atoms with E-state index in [1.54, 1.807) is 12.1 Å². The number of ether oxygens (including phenoxy) is 1. The van der Waals surface area contributed by atoms with Gasteiger partial charge in [0.1, 0.15) is 11.8 Å². The van der Waals surface area contributed by atoms with Crippen LogP contribution in [0.2, 0.25) is 0 Å². The average molecular weight is 420 g/mol. The molecule has 8 nitrogen and oxygen atoms in total. The number of hydrogen-bond donors (Lipinski definition) is 4. The highest BCUT2D eigenvalue weighted by Gasteiger charge is 2.23. The highest BCUT2D eigenvalue weighted by atomic mass is 16.5. The van der Waals surface area contributed by atoms with E-state index in [9.17, 15) is 19.8 Å². The second kappa shape index (κ2) is 11.3. The van der Waals surface area contributed by atoms with E-state index in [-0.39, 0.29) is 17.2 Å². The molecular weight excluding hydrogens is 386 g/mol. The van der Waals surface area contributed by atoms with Gasteiger partial charge in [0.15, 0.2) is 0 Å². The standard InChI is InChI=1S/C22H33N3O5/c26-15-20(22(29)23-13-16-4-2-1-3-5-16)24-21(28)18-10-17(11-19(27)12-18)14-25-6-8-30-9-7-25/h10-12,16,20,26-27H,1-9,13-15H2,(H,23,29)(H,24,28)/t20-/m0/s1. The van der Waals surface area contributed by atoms with E-state index >= 15 is 0 Å². The Kier molecular flexibility index (Phi) is 8.48. The van der Waals surface area contributed by atoms with Gasteiger partial charge in [-0.1, -0.05) is 19.3 Å². The molecule has 1 aromatic rings. The van der Waals surface area contributed by atoms with Crippen molar-refractivity contribution in [2.45, 2.75) is 44.7 Å². The number of aliphatic hydroxyl groups is 1. The van der Waals surface area contributed by atoms with Crippen LogP contribution in [0.3, 0.4) is 0 Å². The maximum atomic E-state index is 12.7. The maximum Gasteiger partial charge on any atom is 0.252 e. The molecule has 0 bridgehead atoms. The molecule has 8 heteroatoms. The molecule has 2 aliphatic rings. The van der Waals surface area contributed by atoms with Crippen molar-refractivity contribution in [2.75, 3.05) is 39.5 Å². The minimum atomic E-state index is -1.02. The molecule has 1 atom stereocenters. The molecule has 4 N–H and O–H groups in total. The lowest BCUT2D eigenvalue weighted by atomic mass is 9.89. The van der Waals surface area contributed by atoms with E-state index in [1.807, 2.05) is 0 Å². The highest BCUT2D eigenvalue weighted by molar-refractivity contribution is 5.98. The Hall–Kier alpha value is -2.16. The third-order valence-electron chi connectivity index (χ3n) is 5.84. The molecule has 1 heterocycles. The summed E-state index contributed by atoms with van der Waals surface area (Å²) in [5.41, 5.74) is 1.07. The molecule has 1 saturated carbocycles. The van der Waals surface area contributed by atoms with Crippen molar-refractivity contribution in [3.05, 3.63) is 29.3 Å². The smallest absolute Gasteiger partial charge is 0.252 e. The largest absolute Gasteiger partial charge is 0.508 e. The molecule has 30 heavy (non-hydrogen) atoms. The van der Waals surface area contributed by atoms with Gasteiger partial charge in [0, 0.05) is 31.7 Å². The van der Waals surface area contributed by atoms with Crippen molar-refractivity contribution in [1.82, 2.24) is 15.5 Å². The molecule has 1 aliphatic heterocycles. The van der Waals surface area contributed by atoms with Crippen LogP contribution in [0.15, 0.2) is 18.2 Å². The van der Waals surface area contributed by atoms with Crippen molar-refractivity contribution in [1.29, 1.82) is 0 Å². The van der Waals surface area contributed by atoms with Crippen LogP contribution in [0.5, 0.6) is 5.75 Å². The van der Waals surface area contributed by atoms with E-state index in [4.69, 9.17) is 4.74 Å². The van der Waals surface area contributed by atoms with Gasteiger partial charge < -0.3 is 25.6 Å². The molecule has 0 aromatic heterocycles. The Morgan fingerprint density at radius 2 is 1.87 bits per heavy atom. The first-order valence-corrected chi connectivity index (χ1v) is 10.9. The van der Waals surface area contributed by atoms with Gasteiger partial charge in [-0.2, -0.15) is 0 Å². The summed E-state index contributed by atoms with van der Waals surface area (Å²) in [6.07, 6.45) is 5.82. The fraction of sp³-hybridized carbons (Fsp3) is 0.636. The van der Waals surface area contributed by atoms with Crippen molar-refractivity contribution < 1.29 is 24.5 Å². The minimum Gasteiger partial charge on any atom is -0.508 e. The summed E-state index contributed by atoms with van der Waals surface area (Å²) in [6.45, 7) is 3.61. The van der Waals surface area contributed by atoms with E-state index in [0.717, 1.165) is 31.5 Å². The zero-order valence-corrected chi connectivity index (χ0v) is 17.4. The van der Waals surface area contributed by atoms with E-state index in [2.05, 4.69) is 15.5 Å². The SMILES string of the molecule is O=C(N[C@@H](CO)C(=O)NCC1CCCCC1)c1cc(O)cc(CN2CCOCC2)c1. The van der Waals surface area contributed by atoms with Crippen LogP contribution in [0.1, 0.15) is 48.0 Å². The Bertz CT molecular complexity index is 715. The number of aromatic hydroxyl groups is 1. The summed E-state index contributed by atoms with van der Waals surface area (Å²) in [5.74, 6) is -0.425. The number of phenols is 1. The predicted octanol–water partition coefficient (Wildman–Crippen LogP) is 1.01. The van der Waals surface area contributed by atoms with E-state index < -0.39 is 18.6 Å². The fourth-order valence-corrected chi connectivity index (χ4v) is 4.11. The number of nitrogens with zero attached hydrogens (tertiary/aromatic N) is 1. The number of carbonyl (C=O) groups excluding carboxylic acids is 2. The third-order valence-corrected chi connectivity index (χ3v) is 5.84. The number of aliphatic hydroxyl groups excluding tert-OH is 1. The summed E-state index contributed by atoms with van der Waals surface area (Å²) in [5, 5.41) is 25.1. The Morgan fingerprint density at radius 3 is 2.57 bits per heavy atom. The van der Waals surface area contributed by atoms with Crippen LogP contribution in [0.4, 0.5) is 0 Å². The molecule has 2 fully saturated rings. The van der Waals surface area contributed by atoms with E-state index in [1.165, 1.54) is 25.3 Å². The molecule has 1 aromatic carbocycles. The van der Waals surface area contributed by atoms with Gasteiger partial charge in [0.2, 0.25) is 5.91 Å². The number of carbonyl (C=O) groups is 2. The lowest BCUT2D eigenvalue weighted by Gasteiger charge is -2.26. The second-order valence-corrected chi connectivity index (χ2v) is 8.23. The molecule has 2 amide bonds. The lowest BCUT2D eigenvalue weighted by Crippen LogP contribution is -2.49. The fourth-order valence-electron chi connectivity index (χ4n) is 4.11. The zero-order valence-electron chi connectivity index (χ0n) is 17.4. The molecule has 0 unspecified atom stereocenters. The number of hydrogen-bond acceptors (Lipinski definition) is 6. The van der Waals surface area contributed by atoms with E-state index in [0.29, 0.717) is 32.2 Å². The minimum absolute atomic E-state index is 0.00629. The van der Waals surface area contributed by atoms with Gasteiger partial charge in [0.05, 0.1) is 19.8 Å². The summed E-state index contributed by atoms with van der Waals surface area (Å²) in [6, 6.07) is 3.68. The van der Waals surface area contributed by atoms with Gasteiger partial charge in [-0.05, 0) is 42.5 Å². The van der Waals surface area contributed by atoms with Gasteiger partial charge in [-0.3, -0.25) is 14.5 Å². The number of benzene rings is 1. The Balaban J connectivity index is 1.56. The summed E-state index contributed by atoms with van der Waals surface area (Å²) < 4.78 is 5.34. The quantitative estimate of drug-likeness (QED) is 0.501.